The SMILES string of the molecule is CC(C(=O)O)C(=O)NC1CCOC1c1ccc(Cl)c(F)c1. The van der Waals surface area contributed by atoms with Gasteiger partial charge in [0.15, 0.2) is 0 Å². The van der Waals surface area contributed by atoms with E-state index in [9.17, 15) is 14.0 Å². The maximum absolute atomic E-state index is 13.5. The molecule has 1 fully saturated rings. The predicted octanol–water partition coefficient (Wildman–Crippen LogP) is 2.15. The molecule has 114 valence electrons. The van der Waals surface area contributed by atoms with Crippen LogP contribution in [-0.4, -0.2) is 29.6 Å². The Hall–Kier alpha value is -1.66. The van der Waals surface area contributed by atoms with Gasteiger partial charge >= 0.3 is 5.97 Å². The molecule has 1 amide bonds. The standard InChI is InChI=1S/C14H15ClFNO4/c1-7(14(19)20)13(18)17-11-4-5-21-12(11)8-2-3-9(15)10(16)6-8/h2-3,6-7,11-12H,4-5H2,1H3,(H,17,18)(H,19,20). The van der Waals surface area contributed by atoms with E-state index >= 15 is 0 Å². The van der Waals surface area contributed by atoms with Crippen molar-refractivity contribution in [2.45, 2.75) is 25.5 Å². The second kappa shape index (κ2) is 6.41. The average molecular weight is 316 g/mol. The quantitative estimate of drug-likeness (QED) is 0.835. The number of hydrogen-bond acceptors (Lipinski definition) is 3. The fourth-order valence-electron chi connectivity index (χ4n) is 2.18. The average Bonchev–Trinajstić information content (AvgIpc) is 2.89. The highest BCUT2D eigenvalue weighted by atomic mass is 35.5. The Morgan fingerprint density at radius 1 is 1.52 bits per heavy atom. The minimum absolute atomic E-state index is 0.0110. The second-order valence-electron chi connectivity index (χ2n) is 4.93. The number of carbonyl (C=O) groups excluding carboxylic acids is 1. The number of benzene rings is 1. The molecule has 0 radical (unpaired) electrons. The summed E-state index contributed by atoms with van der Waals surface area (Å²) in [6.45, 7) is 1.71. The molecule has 1 aliphatic rings. The number of carboxylic acids is 1. The third-order valence-corrected chi connectivity index (χ3v) is 3.76. The zero-order valence-electron chi connectivity index (χ0n) is 11.3. The molecule has 3 atom stereocenters. The first-order valence-electron chi connectivity index (χ1n) is 6.50. The normalized spacial score (nSPS) is 22.8. The van der Waals surface area contributed by atoms with Crippen LogP contribution >= 0.6 is 11.6 Å². The molecule has 1 heterocycles. The van der Waals surface area contributed by atoms with Crippen molar-refractivity contribution in [3.05, 3.63) is 34.6 Å². The van der Waals surface area contributed by atoms with Crippen LogP contribution in [0.25, 0.3) is 0 Å². The molecule has 7 heteroatoms. The van der Waals surface area contributed by atoms with Crippen LogP contribution in [0.4, 0.5) is 4.39 Å². The summed E-state index contributed by atoms with van der Waals surface area (Å²) in [7, 11) is 0. The fourth-order valence-corrected chi connectivity index (χ4v) is 2.29. The number of rotatable bonds is 4. The van der Waals surface area contributed by atoms with Gasteiger partial charge in [-0.3, -0.25) is 9.59 Å². The fraction of sp³-hybridized carbons (Fsp3) is 0.429. The van der Waals surface area contributed by atoms with E-state index in [1.54, 1.807) is 6.07 Å². The molecular weight excluding hydrogens is 301 g/mol. The predicted molar refractivity (Wildman–Crippen MR) is 73.5 cm³/mol. The van der Waals surface area contributed by atoms with Crippen molar-refractivity contribution >= 4 is 23.5 Å². The van der Waals surface area contributed by atoms with Gasteiger partial charge < -0.3 is 15.2 Å². The zero-order valence-corrected chi connectivity index (χ0v) is 12.1. The second-order valence-corrected chi connectivity index (χ2v) is 5.34. The maximum Gasteiger partial charge on any atom is 0.315 e. The summed E-state index contributed by atoms with van der Waals surface area (Å²) in [5.41, 5.74) is 0.558. The Kier molecular flexibility index (Phi) is 4.80. The lowest BCUT2D eigenvalue weighted by atomic mass is 10.0. The molecule has 0 saturated carbocycles. The minimum atomic E-state index is -1.19. The van der Waals surface area contributed by atoms with Crippen molar-refractivity contribution in [2.24, 2.45) is 5.92 Å². The molecule has 0 spiro atoms. The van der Waals surface area contributed by atoms with E-state index in [1.807, 2.05) is 0 Å². The molecule has 1 aromatic carbocycles. The number of carbonyl (C=O) groups is 2. The summed E-state index contributed by atoms with van der Waals surface area (Å²) in [6, 6.07) is 3.92. The van der Waals surface area contributed by atoms with Crippen molar-refractivity contribution in [2.75, 3.05) is 6.61 Å². The number of ether oxygens (including phenoxy) is 1. The lowest BCUT2D eigenvalue weighted by Crippen LogP contribution is -2.41. The number of nitrogens with one attached hydrogen (secondary N) is 1. The summed E-state index contributed by atoms with van der Waals surface area (Å²) in [5, 5.41) is 11.5. The molecule has 5 nitrogen and oxygen atoms in total. The summed E-state index contributed by atoms with van der Waals surface area (Å²) in [5.74, 6) is -3.49. The molecular formula is C14H15ClFNO4. The van der Waals surface area contributed by atoms with E-state index in [2.05, 4.69) is 5.32 Å². The zero-order chi connectivity index (χ0) is 15.6. The van der Waals surface area contributed by atoms with Gasteiger partial charge in [-0.2, -0.15) is 0 Å². The van der Waals surface area contributed by atoms with Crippen LogP contribution in [0.2, 0.25) is 5.02 Å². The van der Waals surface area contributed by atoms with Crippen molar-refractivity contribution in [3.63, 3.8) is 0 Å². The van der Waals surface area contributed by atoms with Crippen LogP contribution < -0.4 is 5.32 Å². The lowest BCUT2D eigenvalue weighted by Gasteiger charge is -2.21. The van der Waals surface area contributed by atoms with Gasteiger partial charge in [0.05, 0.1) is 11.1 Å². The van der Waals surface area contributed by atoms with E-state index in [0.29, 0.717) is 18.6 Å². The van der Waals surface area contributed by atoms with Crippen molar-refractivity contribution in [1.29, 1.82) is 0 Å². The number of hydrogen-bond donors (Lipinski definition) is 2. The first kappa shape index (κ1) is 15.7. The molecule has 1 saturated heterocycles. The van der Waals surface area contributed by atoms with Gasteiger partial charge in [-0.05, 0) is 31.0 Å². The topological polar surface area (TPSA) is 75.6 Å². The lowest BCUT2D eigenvalue weighted by molar-refractivity contribution is -0.146. The van der Waals surface area contributed by atoms with Gasteiger partial charge in [0.2, 0.25) is 5.91 Å². The third kappa shape index (κ3) is 3.51. The van der Waals surface area contributed by atoms with E-state index in [1.165, 1.54) is 19.1 Å². The third-order valence-electron chi connectivity index (χ3n) is 3.46. The van der Waals surface area contributed by atoms with Gasteiger partial charge in [0.1, 0.15) is 17.8 Å². The van der Waals surface area contributed by atoms with Crippen LogP contribution in [-0.2, 0) is 14.3 Å². The van der Waals surface area contributed by atoms with Crippen LogP contribution in [0, 0.1) is 11.7 Å². The monoisotopic (exact) mass is 315 g/mol. The Labute approximate surface area is 126 Å². The molecule has 0 aliphatic carbocycles. The van der Waals surface area contributed by atoms with Gasteiger partial charge in [-0.15, -0.1) is 0 Å². The van der Waals surface area contributed by atoms with Crippen LogP contribution in [0.1, 0.15) is 25.0 Å². The maximum atomic E-state index is 13.5. The highest BCUT2D eigenvalue weighted by molar-refractivity contribution is 6.30. The Balaban J connectivity index is 2.11. The Morgan fingerprint density at radius 3 is 2.86 bits per heavy atom. The highest BCUT2D eigenvalue weighted by Crippen LogP contribution is 2.31. The molecule has 21 heavy (non-hydrogen) atoms. The first-order valence-corrected chi connectivity index (χ1v) is 6.87. The van der Waals surface area contributed by atoms with Gasteiger partial charge in [-0.1, -0.05) is 17.7 Å². The molecule has 2 N–H and O–H groups in total. The Bertz CT molecular complexity index is 566. The molecule has 0 bridgehead atoms. The molecule has 0 aromatic heterocycles. The summed E-state index contributed by atoms with van der Waals surface area (Å²) < 4.78 is 19.0. The first-order chi connectivity index (χ1) is 9.90. The summed E-state index contributed by atoms with van der Waals surface area (Å²) in [6.07, 6.45) is 0.0224. The van der Waals surface area contributed by atoms with E-state index in [0.717, 1.165) is 0 Å². The Morgan fingerprint density at radius 2 is 2.24 bits per heavy atom. The van der Waals surface area contributed by atoms with E-state index in [4.69, 9.17) is 21.4 Å². The molecule has 1 aliphatic heterocycles. The van der Waals surface area contributed by atoms with Crippen LogP contribution in [0.15, 0.2) is 18.2 Å². The van der Waals surface area contributed by atoms with Crippen LogP contribution in [0.5, 0.6) is 0 Å². The smallest absolute Gasteiger partial charge is 0.315 e. The molecule has 3 unspecified atom stereocenters. The molecule has 1 aromatic rings. The summed E-state index contributed by atoms with van der Waals surface area (Å²) in [4.78, 5) is 22.6. The minimum Gasteiger partial charge on any atom is -0.481 e. The molecule has 2 rings (SSSR count). The van der Waals surface area contributed by atoms with Crippen molar-refractivity contribution < 1.29 is 23.8 Å². The number of amides is 1. The highest BCUT2D eigenvalue weighted by Gasteiger charge is 2.33. The number of aliphatic carboxylic acids is 1. The van der Waals surface area contributed by atoms with E-state index < -0.39 is 29.7 Å². The number of halogens is 2. The van der Waals surface area contributed by atoms with Crippen molar-refractivity contribution in [1.82, 2.24) is 5.32 Å². The van der Waals surface area contributed by atoms with Gasteiger partial charge in [0, 0.05) is 6.61 Å². The summed E-state index contributed by atoms with van der Waals surface area (Å²) >= 11 is 5.63. The largest absolute Gasteiger partial charge is 0.481 e. The van der Waals surface area contributed by atoms with E-state index in [-0.39, 0.29) is 11.1 Å². The van der Waals surface area contributed by atoms with Crippen LogP contribution in [0.3, 0.4) is 0 Å². The van der Waals surface area contributed by atoms with Gasteiger partial charge in [-0.25, -0.2) is 4.39 Å². The number of carboxylic acid groups (broad SMARTS) is 1. The van der Waals surface area contributed by atoms with Crippen molar-refractivity contribution in [3.8, 4) is 0 Å². The van der Waals surface area contributed by atoms with Gasteiger partial charge in [0.25, 0.3) is 0 Å².